The van der Waals surface area contributed by atoms with Crippen molar-refractivity contribution >= 4 is 38.6 Å². The second-order valence-corrected chi connectivity index (χ2v) is 16.5. The van der Waals surface area contributed by atoms with Crippen molar-refractivity contribution in [3.63, 3.8) is 0 Å². The monoisotopic (exact) mass is 765 g/mol. The normalized spacial score (nSPS) is 12.6. The maximum absolute atomic E-state index is 2.41. The van der Waals surface area contributed by atoms with Gasteiger partial charge in [-0.3, -0.25) is 0 Å². The van der Waals surface area contributed by atoms with E-state index in [0.29, 0.717) is 0 Å². The molecule has 1 aliphatic rings. The van der Waals surface area contributed by atoms with Crippen LogP contribution in [0.15, 0.2) is 224 Å². The van der Waals surface area contributed by atoms with Gasteiger partial charge >= 0.3 is 0 Å². The molecule has 0 aromatic heterocycles. The molecule has 60 heavy (non-hydrogen) atoms. The Morgan fingerprint density at radius 3 is 1.43 bits per heavy atom. The van der Waals surface area contributed by atoms with Gasteiger partial charge in [-0.15, -0.1) is 0 Å². The molecule has 0 amide bonds. The van der Waals surface area contributed by atoms with E-state index in [1.165, 1.54) is 88.3 Å². The molecular weight excluding hydrogens is 723 g/mol. The van der Waals surface area contributed by atoms with Gasteiger partial charge in [0, 0.05) is 22.5 Å². The van der Waals surface area contributed by atoms with Gasteiger partial charge in [-0.1, -0.05) is 190 Å². The molecule has 0 fully saturated rings. The van der Waals surface area contributed by atoms with Gasteiger partial charge in [-0.25, -0.2) is 0 Å². The maximum atomic E-state index is 2.41. The number of benzene rings is 10. The molecule has 0 bridgehead atoms. The summed E-state index contributed by atoms with van der Waals surface area (Å²) in [6.07, 6.45) is 0. The molecule has 0 atom stereocenters. The van der Waals surface area contributed by atoms with Crippen LogP contribution >= 0.6 is 0 Å². The number of nitrogens with zero attached hydrogens (tertiary/aromatic N) is 1. The number of anilines is 3. The molecule has 1 heteroatoms. The lowest BCUT2D eigenvalue weighted by molar-refractivity contribution is 0.660. The summed E-state index contributed by atoms with van der Waals surface area (Å²) in [5, 5.41) is 5.10. The third kappa shape index (κ3) is 6.10. The van der Waals surface area contributed by atoms with E-state index >= 15 is 0 Å². The quantitative estimate of drug-likeness (QED) is 0.146. The zero-order chi connectivity index (χ0) is 40.2. The fourth-order valence-corrected chi connectivity index (χ4v) is 9.51. The Hall–Kier alpha value is -7.48. The van der Waals surface area contributed by atoms with E-state index in [-0.39, 0.29) is 5.41 Å². The first-order valence-electron chi connectivity index (χ1n) is 20.9. The minimum absolute atomic E-state index is 0.0911. The predicted molar refractivity (Wildman–Crippen MR) is 255 cm³/mol. The summed E-state index contributed by atoms with van der Waals surface area (Å²) in [4.78, 5) is 2.40. The zero-order valence-corrected chi connectivity index (χ0v) is 33.8. The Balaban J connectivity index is 0.940. The largest absolute Gasteiger partial charge is 0.310 e. The molecule has 1 aliphatic carbocycles. The lowest BCUT2D eigenvalue weighted by Crippen LogP contribution is -2.16. The van der Waals surface area contributed by atoms with Crippen LogP contribution in [0.1, 0.15) is 25.0 Å². The van der Waals surface area contributed by atoms with Crippen LogP contribution in [0.2, 0.25) is 0 Å². The molecule has 0 radical (unpaired) electrons. The number of rotatable bonds is 7. The van der Waals surface area contributed by atoms with Gasteiger partial charge in [-0.05, 0) is 137 Å². The average Bonchev–Trinajstić information content (AvgIpc) is 3.55. The molecule has 10 aromatic rings. The molecule has 11 rings (SSSR count). The molecule has 284 valence electrons. The van der Waals surface area contributed by atoms with Crippen LogP contribution in [0.4, 0.5) is 17.1 Å². The third-order valence-electron chi connectivity index (χ3n) is 12.7. The number of fused-ring (bicyclic) bond motifs is 6. The maximum Gasteiger partial charge on any atom is 0.0465 e. The molecule has 0 heterocycles. The summed E-state index contributed by atoms with van der Waals surface area (Å²) in [7, 11) is 0. The first-order chi connectivity index (χ1) is 29.5. The van der Waals surface area contributed by atoms with Crippen molar-refractivity contribution in [1.29, 1.82) is 0 Å². The summed E-state index contributed by atoms with van der Waals surface area (Å²) < 4.78 is 0. The fourth-order valence-electron chi connectivity index (χ4n) is 9.51. The van der Waals surface area contributed by atoms with Gasteiger partial charge in [0.2, 0.25) is 0 Å². The SMILES string of the molecule is CC1(C)c2ccccc2-c2ccc(N(c3ccc(-c4ccccc4)cc3)c3ccc(-c4ccc(-c5ccc6c(c5)c(-c5ccccc5)cc5ccccc56)cc4)cc3)cc21. The van der Waals surface area contributed by atoms with E-state index in [9.17, 15) is 0 Å². The van der Waals surface area contributed by atoms with Gasteiger partial charge in [0.15, 0.2) is 0 Å². The summed E-state index contributed by atoms with van der Waals surface area (Å²) in [5.41, 5.74) is 18.4. The van der Waals surface area contributed by atoms with E-state index < -0.39 is 0 Å². The minimum atomic E-state index is -0.0911. The Morgan fingerprint density at radius 2 is 0.767 bits per heavy atom. The van der Waals surface area contributed by atoms with Gasteiger partial charge in [-0.2, -0.15) is 0 Å². The highest BCUT2D eigenvalue weighted by atomic mass is 15.1. The van der Waals surface area contributed by atoms with E-state index in [1.54, 1.807) is 0 Å². The minimum Gasteiger partial charge on any atom is -0.310 e. The summed E-state index contributed by atoms with van der Waals surface area (Å²) in [5.74, 6) is 0. The summed E-state index contributed by atoms with van der Waals surface area (Å²) in [6.45, 7) is 4.70. The van der Waals surface area contributed by atoms with Gasteiger partial charge in [0.25, 0.3) is 0 Å². The molecular formula is C59H43N. The standard InChI is InChI=1S/C59H43N/c1-59(2)57-20-12-11-19-53(57)54-36-34-50(39-58(54)59)60(48-30-25-42(26-31-48)40-13-5-3-6-14-40)49-32-27-43(28-33-49)41-21-23-44(24-22-41)46-29-35-52-51-18-10-9-17-47(51)38-55(56(52)37-46)45-15-7-4-8-16-45/h3-39H,1-2H3. The third-order valence-corrected chi connectivity index (χ3v) is 12.7. The highest BCUT2D eigenvalue weighted by Crippen LogP contribution is 2.51. The van der Waals surface area contributed by atoms with E-state index in [0.717, 1.165) is 17.1 Å². The summed E-state index contributed by atoms with van der Waals surface area (Å²) >= 11 is 0. The summed E-state index contributed by atoms with van der Waals surface area (Å²) in [6, 6.07) is 82.3. The van der Waals surface area contributed by atoms with Crippen LogP contribution in [0, 0.1) is 0 Å². The Labute approximate surface area is 352 Å². The van der Waals surface area contributed by atoms with Crippen molar-refractivity contribution < 1.29 is 0 Å². The van der Waals surface area contributed by atoms with Crippen molar-refractivity contribution in [2.24, 2.45) is 0 Å². The van der Waals surface area contributed by atoms with Crippen molar-refractivity contribution in [1.82, 2.24) is 0 Å². The second kappa shape index (κ2) is 14.4. The lowest BCUT2D eigenvalue weighted by atomic mass is 9.82. The van der Waals surface area contributed by atoms with E-state index in [2.05, 4.69) is 243 Å². The van der Waals surface area contributed by atoms with Crippen molar-refractivity contribution in [3.8, 4) is 55.6 Å². The highest BCUT2D eigenvalue weighted by Gasteiger charge is 2.35. The van der Waals surface area contributed by atoms with E-state index in [4.69, 9.17) is 0 Å². The van der Waals surface area contributed by atoms with Crippen molar-refractivity contribution in [3.05, 3.63) is 236 Å². The van der Waals surface area contributed by atoms with Gasteiger partial charge in [0.1, 0.15) is 0 Å². The molecule has 10 aromatic carbocycles. The lowest BCUT2D eigenvalue weighted by Gasteiger charge is -2.28. The molecule has 0 spiro atoms. The first kappa shape index (κ1) is 35.7. The highest BCUT2D eigenvalue weighted by molar-refractivity contribution is 6.14. The first-order valence-corrected chi connectivity index (χ1v) is 20.9. The van der Waals surface area contributed by atoms with Crippen molar-refractivity contribution in [2.45, 2.75) is 19.3 Å². The predicted octanol–water partition coefficient (Wildman–Crippen LogP) is 16.4. The van der Waals surface area contributed by atoms with Crippen LogP contribution in [0.3, 0.4) is 0 Å². The van der Waals surface area contributed by atoms with Crippen LogP contribution in [0.5, 0.6) is 0 Å². The van der Waals surface area contributed by atoms with Crippen molar-refractivity contribution in [2.75, 3.05) is 4.90 Å². The van der Waals surface area contributed by atoms with E-state index in [1.807, 2.05) is 0 Å². The van der Waals surface area contributed by atoms with Crippen LogP contribution in [0.25, 0.3) is 77.2 Å². The Bertz CT molecular complexity index is 3180. The molecule has 0 saturated carbocycles. The smallest absolute Gasteiger partial charge is 0.0465 e. The van der Waals surface area contributed by atoms with Gasteiger partial charge in [0.05, 0.1) is 0 Å². The zero-order valence-electron chi connectivity index (χ0n) is 33.8. The molecule has 0 aliphatic heterocycles. The molecule has 0 unspecified atom stereocenters. The van der Waals surface area contributed by atoms with Crippen LogP contribution in [-0.2, 0) is 5.41 Å². The molecule has 1 nitrogen and oxygen atoms in total. The van der Waals surface area contributed by atoms with Crippen LogP contribution < -0.4 is 4.90 Å². The second-order valence-electron chi connectivity index (χ2n) is 16.5. The number of hydrogen-bond acceptors (Lipinski definition) is 1. The Kier molecular flexibility index (Phi) is 8.57. The fraction of sp³-hybridized carbons (Fsp3) is 0.0508. The Morgan fingerprint density at radius 1 is 0.283 bits per heavy atom. The number of hydrogen-bond donors (Lipinski definition) is 0. The average molecular weight is 766 g/mol. The molecule has 0 saturated heterocycles. The van der Waals surface area contributed by atoms with Crippen LogP contribution in [-0.4, -0.2) is 0 Å². The molecule has 0 N–H and O–H groups in total. The topological polar surface area (TPSA) is 3.24 Å². The van der Waals surface area contributed by atoms with Gasteiger partial charge < -0.3 is 4.90 Å².